The number of para-hydroxylation sites is 1. The lowest BCUT2D eigenvalue weighted by molar-refractivity contribution is -0.117. The first-order valence-electron chi connectivity index (χ1n) is 5.83. The van der Waals surface area contributed by atoms with E-state index in [1.54, 1.807) is 6.92 Å². The van der Waals surface area contributed by atoms with Crippen LogP contribution in [0, 0.1) is 6.92 Å². The van der Waals surface area contributed by atoms with Gasteiger partial charge in [-0.3, -0.25) is 4.99 Å². The predicted octanol–water partition coefficient (Wildman–Crippen LogP) is 3.47. The topological polar surface area (TPSA) is 38.7 Å². The zero-order valence-electron chi connectivity index (χ0n) is 10.5. The molecule has 3 heteroatoms. The molecule has 92 valence electrons. The second-order valence-corrected chi connectivity index (χ2v) is 4.09. The number of hydrogen-bond donors (Lipinski definition) is 0. The Morgan fingerprint density at radius 2 is 2.18 bits per heavy atom. The van der Waals surface area contributed by atoms with E-state index in [1.807, 2.05) is 25.1 Å². The van der Waals surface area contributed by atoms with Crippen molar-refractivity contribution in [1.82, 2.24) is 0 Å². The number of unbranched alkanes of at least 4 members (excludes halogenated alkanes) is 1. The van der Waals surface area contributed by atoms with Gasteiger partial charge in [0.15, 0.2) is 0 Å². The number of ketones is 1. The number of nitrogens with zero attached hydrogens (tertiary/aromatic N) is 1. The first kappa shape index (κ1) is 13.4. The van der Waals surface area contributed by atoms with E-state index >= 15 is 0 Å². The van der Waals surface area contributed by atoms with E-state index < -0.39 is 0 Å². The van der Waals surface area contributed by atoms with Gasteiger partial charge in [0, 0.05) is 6.42 Å². The highest BCUT2D eigenvalue weighted by atomic mass is 16.5. The first-order chi connectivity index (χ1) is 8.15. The van der Waals surface area contributed by atoms with Crippen molar-refractivity contribution in [2.24, 2.45) is 4.99 Å². The molecule has 0 unspecified atom stereocenters. The maximum atomic E-state index is 10.8. The summed E-state index contributed by atoms with van der Waals surface area (Å²) in [7, 11) is 0. The van der Waals surface area contributed by atoms with E-state index in [2.05, 4.69) is 11.7 Å². The van der Waals surface area contributed by atoms with Crippen molar-refractivity contribution in [1.29, 1.82) is 0 Å². The summed E-state index contributed by atoms with van der Waals surface area (Å²) in [5, 5.41) is 0. The van der Waals surface area contributed by atoms with Crippen molar-refractivity contribution in [3.63, 3.8) is 0 Å². The lowest BCUT2D eigenvalue weighted by Gasteiger charge is -2.10. The Kier molecular flexibility index (Phi) is 5.40. The minimum atomic E-state index is 0.231. The van der Waals surface area contributed by atoms with Crippen molar-refractivity contribution in [2.75, 3.05) is 6.61 Å². The largest absolute Gasteiger partial charge is 0.491 e. The minimum absolute atomic E-state index is 0.231. The molecule has 0 spiro atoms. The van der Waals surface area contributed by atoms with E-state index in [0.717, 1.165) is 29.8 Å². The third-order valence-corrected chi connectivity index (χ3v) is 2.54. The standard InChI is InChI=1S/C14H19NO2/c1-11-7-6-9-13(14(11)15-3)17-10-5-4-8-12(2)16/h6-7,9H,3-5,8,10H2,1-2H3. The highest BCUT2D eigenvalue weighted by Gasteiger charge is 2.04. The number of aryl methyl sites for hydroxylation is 1. The highest BCUT2D eigenvalue weighted by molar-refractivity contribution is 5.75. The smallest absolute Gasteiger partial charge is 0.145 e. The van der Waals surface area contributed by atoms with Gasteiger partial charge in [0.25, 0.3) is 0 Å². The summed E-state index contributed by atoms with van der Waals surface area (Å²) < 4.78 is 5.65. The number of ether oxygens (including phenoxy) is 1. The Morgan fingerprint density at radius 1 is 1.41 bits per heavy atom. The van der Waals surface area contributed by atoms with E-state index in [1.165, 1.54) is 0 Å². The average Bonchev–Trinajstić information content (AvgIpc) is 2.28. The van der Waals surface area contributed by atoms with Crippen LogP contribution in [-0.2, 0) is 4.79 Å². The molecule has 1 aromatic carbocycles. The molecule has 0 atom stereocenters. The summed E-state index contributed by atoms with van der Waals surface area (Å²) in [6.07, 6.45) is 2.38. The number of benzene rings is 1. The van der Waals surface area contributed by atoms with E-state index in [4.69, 9.17) is 4.74 Å². The van der Waals surface area contributed by atoms with Gasteiger partial charge in [-0.05, 0) is 45.0 Å². The lowest BCUT2D eigenvalue weighted by Crippen LogP contribution is -1.99. The molecule has 0 saturated carbocycles. The Morgan fingerprint density at radius 3 is 2.82 bits per heavy atom. The Labute approximate surface area is 103 Å². The summed E-state index contributed by atoms with van der Waals surface area (Å²) in [6, 6.07) is 5.81. The van der Waals surface area contributed by atoms with Crippen LogP contribution in [0.25, 0.3) is 0 Å². The summed E-state index contributed by atoms with van der Waals surface area (Å²) in [4.78, 5) is 14.7. The Bertz CT molecular complexity index is 399. The number of aliphatic imine (C=N–C) groups is 1. The van der Waals surface area contributed by atoms with Crippen LogP contribution < -0.4 is 4.74 Å². The molecule has 1 aromatic rings. The number of carbonyl (C=O) groups is 1. The average molecular weight is 233 g/mol. The third-order valence-electron chi connectivity index (χ3n) is 2.54. The van der Waals surface area contributed by atoms with Crippen molar-refractivity contribution in [3.8, 4) is 5.75 Å². The molecule has 0 fully saturated rings. The molecule has 0 amide bonds. The molecule has 0 saturated heterocycles. The molecule has 0 bridgehead atoms. The van der Waals surface area contributed by atoms with Crippen LogP contribution in [0.2, 0.25) is 0 Å². The third kappa shape index (κ3) is 4.39. The van der Waals surface area contributed by atoms with Crippen LogP contribution in [-0.4, -0.2) is 19.1 Å². The fourth-order valence-corrected chi connectivity index (χ4v) is 1.61. The van der Waals surface area contributed by atoms with Crippen LogP contribution in [0.5, 0.6) is 5.75 Å². The van der Waals surface area contributed by atoms with Gasteiger partial charge in [0.05, 0.1) is 6.61 Å². The van der Waals surface area contributed by atoms with Gasteiger partial charge in [-0.1, -0.05) is 12.1 Å². The van der Waals surface area contributed by atoms with E-state index in [-0.39, 0.29) is 5.78 Å². The Balaban J connectivity index is 2.44. The zero-order chi connectivity index (χ0) is 12.7. The van der Waals surface area contributed by atoms with Crippen LogP contribution in [0.15, 0.2) is 23.2 Å². The molecule has 0 aliphatic carbocycles. The molecule has 0 radical (unpaired) electrons. The van der Waals surface area contributed by atoms with Crippen molar-refractivity contribution in [2.45, 2.75) is 33.1 Å². The molecule has 17 heavy (non-hydrogen) atoms. The summed E-state index contributed by atoms with van der Waals surface area (Å²) in [6.45, 7) is 7.75. The second kappa shape index (κ2) is 6.84. The quantitative estimate of drug-likeness (QED) is 0.534. The Hall–Kier alpha value is -1.64. The molecule has 0 heterocycles. The van der Waals surface area contributed by atoms with Crippen molar-refractivity contribution < 1.29 is 9.53 Å². The van der Waals surface area contributed by atoms with Gasteiger partial charge in [0.2, 0.25) is 0 Å². The molecule has 0 aliphatic heterocycles. The highest BCUT2D eigenvalue weighted by Crippen LogP contribution is 2.30. The number of carbonyl (C=O) groups excluding carboxylic acids is 1. The fraction of sp³-hybridized carbons (Fsp3) is 0.429. The molecule has 1 rings (SSSR count). The molecule has 0 aliphatic rings. The van der Waals surface area contributed by atoms with Crippen LogP contribution in [0.3, 0.4) is 0 Å². The summed E-state index contributed by atoms with van der Waals surface area (Å²) in [5.41, 5.74) is 1.86. The van der Waals surface area contributed by atoms with Gasteiger partial charge in [0.1, 0.15) is 17.2 Å². The first-order valence-corrected chi connectivity index (χ1v) is 5.83. The van der Waals surface area contributed by atoms with E-state index in [9.17, 15) is 4.79 Å². The normalized spacial score (nSPS) is 10.0. The van der Waals surface area contributed by atoms with Crippen molar-refractivity contribution >= 4 is 18.2 Å². The van der Waals surface area contributed by atoms with Gasteiger partial charge < -0.3 is 9.53 Å². The van der Waals surface area contributed by atoms with Crippen LogP contribution in [0.4, 0.5) is 5.69 Å². The SMILES string of the molecule is C=Nc1c(C)cccc1OCCCCC(C)=O. The lowest BCUT2D eigenvalue weighted by atomic mass is 10.2. The van der Waals surface area contributed by atoms with Gasteiger partial charge in [-0.25, -0.2) is 0 Å². The van der Waals surface area contributed by atoms with Gasteiger partial charge in [-0.15, -0.1) is 0 Å². The van der Waals surface area contributed by atoms with Crippen molar-refractivity contribution in [3.05, 3.63) is 23.8 Å². The van der Waals surface area contributed by atoms with Crippen LogP contribution in [0.1, 0.15) is 31.7 Å². The second-order valence-electron chi connectivity index (χ2n) is 4.09. The molecule has 3 nitrogen and oxygen atoms in total. The van der Waals surface area contributed by atoms with E-state index in [0.29, 0.717) is 13.0 Å². The monoisotopic (exact) mass is 233 g/mol. The molecular weight excluding hydrogens is 214 g/mol. The van der Waals surface area contributed by atoms with Gasteiger partial charge in [-0.2, -0.15) is 0 Å². The maximum absolute atomic E-state index is 10.8. The zero-order valence-corrected chi connectivity index (χ0v) is 10.5. The minimum Gasteiger partial charge on any atom is -0.491 e. The number of Topliss-reactive ketones (excluding diaryl/α,β-unsaturated/α-hetero) is 1. The number of hydrogen-bond acceptors (Lipinski definition) is 3. The summed E-state index contributed by atoms with van der Waals surface area (Å²) >= 11 is 0. The fourth-order valence-electron chi connectivity index (χ4n) is 1.61. The molecule has 0 aromatic heterocycles. The predicted molar refractivity (Wildman–Crippen MR) is 70.4 cm³/mol. The summed E-state index contributed by atoms with van der Waals surface area (Å²) in [5.74, 6) is 0.997. The molecule has 0 N–H and O–H groups in total. The van der Waals surface area contributed by atoms with Gasteiger partial charge >= 0.3 is 0 Å². The maximum Gasteiger partial charge on any atom is 0.145 e. The van der Waals surface area contributed by atoms with Crippen LogP contribution >= 0.6 is 0 Å². The number of rotatable bonds is 7. The molecular formula is C14H19NO2.